The molecule has 0 bridgehead atoms. The van der Waals surface area contributed by atoms with Crippen LogP contribution in [0.15, 0.2) is 48.5 Å². The Morgan fingerprint density at radius 1 is 1.09 bits per heavy atom. The first kappa shape index (κ1) is 21.2. The molecular weight excluding hydrogens is 404 g/mol. The molecular formula is C26H30N2O4. The average molecular weight is 435 g/mol. The predicted molar refractivity (Wildman–Crippen MR) is 121 cm³/mol. The highest BCUT2D eigenvalue weighted by molar-refractivity contribution is 5.86. The van der Waals surface area contributed by atoms with E-state index in [4.69, 9.17) is 4.74 Å². The van der Waals surface area contributed by atoms with Gasteiger partial charge < -0.3 is 19.6 Å². The maximum Gasteiger partial charge on any atom is 0.248 e. The van der Waals surface area contributed by atoms with E-state index in [9.17, 15) is 14.7 Å². The van der Waals surface area contributed by atoms with Crippen LogP contribution in [-0.2, 0) is 14.3 Å². The largest absolute Gasteiger partial charge is 0.394 e. The van der Waals surface area contributed by atoms with Crippen molar-refractivity contribution in [2.24, 2.45) is 5.92 Å². The number of aliphatic hydroxyl groups is 1. The van der Waals surface area contributed by atoms with Crippen LogP contribution in [0, 0.1) is 12.8 Å². The molecule has 0 unspecified atom stereocenters. The first-order valence-corrected chi connectivity index (χ1v) is 11.4. The Balaban J connectivity index is 1.43. The van der Waals surface area contributed by atoms with Gasteiger partial charge >= 0.3 is 0 Å². The van der Waals surface area contributed by atoms with Gasteiger partial charge in [0.1, 0.15) is 6.61 Å². The van der Waals surface area contributed by atoms with E-state index >= 15 is 0 Å². The second kappa shape index (κ2) is 8.01. The molecule has 32 heavy (non-hydrogen) atoms. The molecule has 2 amide bonds. The number of carbonyl (C=O) groups excluding carboxylic acids is 2. The van der Waals surface area contributed by atoms with Crippen molar-refractivity contribution in [2.45, 2.75) is 37.3 Å². The molecule has 2 saturated heterocycles. The van der Waals surface area contributed by atoms with E-state index in [-0.39, 0.29) is 42.9 Å². The number of amides is 2. The van der Waals surface area contributed by atoms with Crippen molar-refractivity contribution >= 4 is 11.8 Å². The van der Waals surface area contributed by atoms with Crippen LogP contribution in [0.1, 0.15) is 29.9 Å². The molecule has 5 rings (SSSR count). The van der Waals surface area contributed by atoms with E-state index in [0.717, 1.165) is 24.0 Å². The summed E-state index contributed by atoms with van der Waals surface area (Å²) in [6.07, 6.45) is 1.84. The molecule has 3 fully saturated rings. The lowest BCUT2D eigenvalue weighted by Crippen LogP contribution is -2.86. The quantitative estimate of drug-likeness (QED) is 0.759. The third-order valence-corrected chi connectivity index (χ3v) is 7.30. The van der Waals surface area contributed by atoms with Gasteiger partial charge in [0, 0.05) is 32.0 Å². The number of benzene rings is 2. The molecule has 1 saturated carbocycles. The van der Waals surface area contributed by atoms with Gasteiger partial charge in [0.05, 0.1) is 18.2 Å². The maximum atomic E-state index is 13.1. The molecule has 6 nitrogen and oxygen atoms in total. The number of aliphatic hydroxyl groups excluding tert-OH is 1. The summed E-state index contributed by atoms with van der Waals surface area (Å²) in [7, 11) is 1.51. The van der Waals surface area contributed by atoms with E-state index in [1.54, 1.807) is 4.90 Å². The van der Waals surface area contributed by atoms with Crippen molar-refractivity contribution in [2.75, 3.05) is 33.4 Å². The zero-order valence-electron chi connectivity index (χ0n) is 18.7. The van der Waals surface area contributed by atoms with E-state index in [1.807, 2.05) is 4.90 Å². The van der Waals surface area contributed by atoms with Gasteiger partial charge in [0.2, 0.25) is 11.8 Å². The molecule has 3 aliphatic rings. The molecule has 2 aromatic carbocycles. The summed E-state index contributed by atoms with van der Waals surface area (Å²) in [4.78, 5) is 29.1. The molecule has 1 spiro atoms. The van der Waals surface area contributed by atoms with E-state index in [2.05, 4.69) is 55.5 Å². The average Bonchev–Trinajstić information content (AvgIpc) is 3.58. The number of hydrogen-bond donors (Lipinski definition) is 1. The van der Waals surface area contributed by atoms with Gasteiger partial charge in [-0.1, -0.05) is 54.1 Å². The normalized spacial score (nSPS) is 23.6. The lowest BCUT2D eigenvalue weighted by atomic mass is 9.60. The lowest BCUT2D eigenvalue weighted by Gasteiger charge is -2.70. The van der Waals surface area contributed by atoms with Gasteiger partial charge in [-0.3, -0.25) is 9.59 Å². The van der Waals surface area contributed by atoms with Gasteiger partial charge in [-0.2, -0.15) is 0 Å². The number of likely N-dealkylation sites (tertiary alicyclic amines) is 2. The smallest absolute Gasteiger partial charge is 0.248 e. The van der Waals surface area contributed by atoms with E-state index in [1.165, 1.54) is 18.2 Å². The molecule has 0 aromatic heterocycles. The zero-order chi connectivity index (χ0) is 22.5. The van der Waals surface area contributed by atoms with Crippen molar-refractivity contribution in [1.82, 2.24) is 9.80 Å². The van der Waals surface area contributed by atoms with Crippen LogP contribution >= 0.6 is 0 Å². The SMILES string of the molecule is COCC(=O)N1CC2(C1)[C@@H](c1ccc(-c3cccc(C)c3)cc1)[C@@H](CO)N2C(=O)C1CC1. The molecule has 1 aliphatic carbocycles. The van der Waals surface area contributed by atoms with Gasteiger partial charge in [-0.15, -0.1) is 0 Å². The van der Waals surface area contributed by atoms with Crippen LogP contribution in [0.25, 0.3) is 11.1 Å². The number of carbonyl (C=O) groups is 2. The van der Waals surface area contributed by atoms with Crippen molar-refractivity contribution in [1.29, 1.82) is 0 Å². The molecule has 2 heterocycles. The van der Waals surface area contributed by atoms with Gasteiger partial charge in [0.15, 0.2) is 0 Å². The first-order chi connectivity index (χ1) is 15.5. The minimum absolute atomic E-state index is 0.00774. The third-order valence-electron chi connectivity index (χ3n) is 7.30. The summed E-state index contributed by atoms with van der Waals surface area (Å²) in [5.74, 6) is 0.163. The van der Waals surface area contributed by atoms with Crippen LogP contribution in [0.4, 0.5) is 0 Å². The molecule has 6 heteroatoms. The van der Waals surface area contributed by atoms with Crippen LogP contribution in [0.3, 0.4) is 0 Å². The molecule has 1 N–H and O–H groups in total. The fourth-order valence-corrected chi connectivity index (χ4v) is 5.60. The predicted octanol–water partition coefficient (Wildman–Crippen LogP) is 2.59. The van der Waals surface area contributed by atoms with Crippen molar-refractivity contribution in [3.8, 4) is 11.1 Å². The van der Waals surface area contributed by atoms with E-state index in [0.29, 0.717) is 13.1 Å². The number of rotatable bonds is 6. The highest BCUT2D eigenvalue weighted by Gasteiger charge is 2.68. The third kappa shape index (κ3) is 3.33. The Kier molecular flexibility index (Phi) is 5.30. The second-order valence-corrected chi connectivity index (χ2v) is 9.49. The number of ether oxygens (including phenoxy) is 1. The number of aryl methyl sites for hydroxylation is 1. The highest BCUT2D eigenvalue weighted by Crippen LogP contribution is 2.55. The minimum Gasteiger partial charge on any atom is -0.394 e. The summed E-state index contributed by atoms with van der Waals surface area (Å²) in [5.41, 5.74) is 4.21. The van der Waals surface area contributed by atoms with Crippen LogP contribution in [0.5, 0.6) is 0 Å². The number of nitrogens with zero attached hydrogens (tertiary/aromatic N) is 2. The lowest BCUT2D eigenvalue weighted by molar-refractivity contribution is -0.205. The summed E-state index contributed by atoms with van der Waals surface area (Å²) in [6, 6.07) is 16.6. The summed E-state index contributed by atoms with van der Waals surface area (Å²) >= 11 is 0. The number of hydrogen-bond acceptors (Lipinski definition) is 4. The summed E-state index contributed by atoms with van der Waals surface area (Å²) in [5, 5.41) is 10.2. The van der Waals surface area contributed by atoms with Crippen LogP contribution < -0.4 is 0 Å². The summed E-state index contributed by atoms with van der Waals surface area (Å²) in [6.45, 7) is 3.05. The topological polar surface area (TPSA) is 70.1 Å². The summed E-state index contributed by atoms with van der Waals surface area (Å²) < 4.78 is 5.01. The van der Waals surface area contributed by atoms with Gasteiger partial charge in [-0.25, -0.2) is 0 Å². The van der Waals surface area contributed by atoms with Crippen molar-refractivity contribution < 1.29 is 19.4 Å². The molecule has 2 aliphatic heterocycles. The van der Waals surface area contributed by atoms with Crippen LogP contribution in [-0.4, -0.2) is 71.7 Å². The minimum atomic E-state index is -0.429. The Morgan fingerprint density at radius 3 is 2.41 bits per heavy atom. The molecule has 2 atom stereocenters. The fourth-order valence-electron chi connectivity index (χ4n) is 5.60. The zero-order valence-corrected chi connectivity index (χ0v) is 18.7. The fraction of sp³-hybridized carbons (Fsp3) is 0.462. The molecule has 0 radical (unpaired) electrons. The monoisotopic (exact) mass is 434 g/mol. The Labute approximate surface area is 188 Å². The van der Waals surface area contributed by atoms with Crippen molar-refractivity contribution in [3.05, 3.63) is 59.7 Å². The Morgan fingerprint density at radius 2 is 1.81 bits per heavy atom. The standard InChI is InChI=1S/C26H30N2O4/c1-17-4-3-5-21(12-17)18-6-8-19(9-7-18)24-22(13-29)28(25(31)20-10-11-20)26(24)15-27(16-26)23(30)14-32-2/h3-9,12,20,22,24,29H,10-11,13-16H2,1-2H3/t22-,24+/m1/s1. The van der Waals surface area contributed by atoms with Crippen LogP contribution in [0.2, 0.25) is 0 Å². The van der Waals surface area contributed by atoms with E-state index < -0.39 is 5.54 Å². The second-order valence-electron chi connectivity index (χ2n) is 9.49. The highest BCUT2D eigenvalue weighted by atomic mass is 16.5. The maximum absolute atomic E-state index is 13.1. The van der Waals surface area contributed by atoms with Gasteiger partial charge in [0.25, 0.3) is 0 Å². The molecule has 2 aromatic rings. The van der Waals surface area contributed by atoms with Gasteiger partial charge in [-0.05, 0) is 36.5 Å². The Bertz CT molecular complexity index is 1020. The number of methoxy groups -OCH3 is 1. The Hall–Kier alpha value is -2.70. The molecule has 168 valence electrons. The first-order valence-electron chi connectivity index (χ1n) is 11.4. The van der Waals surface area contributed by atoms with Crippen molar-refractivity contribution in [3.63, 3.8) is 0 Å².